The third-order valence-electron chi connectivity index (χ3n) is 6.40. The van der Waals surface area contributed by atoms with Crippen LogP contribution in [-0.4, -0.2) is 47.0 Å². The highest BCUT2D eigenvalue weighted by Crippen LogP contribution is 2.46. The lowest BCUT2D eigenvalue weighted by Gasteiger charge is -2.37. The second-order valence-corrected chi connectivity index (χ2v) is 9.00. The second kappa shape index (κ2) is 10.8. The van der Waals surface area contributed by atoms with E-state index in [1.54, 1.807) is 0 Å². The maximum absolute atomic E-state index is 10.2. The number of ether oxygens (including phenoxy) is 1. The molecule has 0 unspecified atom stereocenters. The van der Waals surface area contributed by atoms with Crippen LogP contribution in [0.5, 0.6) is 5.75 Å². The summed E-state index contributed by atoms with van der Waals surface area (Å²) in [6.07, 6.45) is 0.919. The van der Waals surface area contributed by atoms with Gasteiger partial charge in [-0.2, -0.15) is 0 Å². The van der Waals surface area contributed by atoms with Gasteiger partial charge < -0.3 is 20.3 Å². The lowest BCUT2D eigenvalue weighted by Crippen LogP contribution is -2.45. The van der Waals surface area contributed by atoms with Crippen LogP contribution in [-0.2, 0) is 13.2 Å². The molecule has 0 saturated carbocycles. The predicted octanol–water partition coefficient (Wildman–Crippen LogP) is 4.15. The van der Waals surface area contributed by atoms with Crippen molar-refractivity contribution < 1.29 is 14.9 Å². The molecule has 2 aromatic carbocycles. The van der Waals surface area contributed by atoms with Gasteiger partial charge in [-0.3, -0.25) is 4.90 Å². The zero-order valence-corrected chi connectivity index (χ0v) is 19.5. The molecule has 1 aliphatic heterocycles. The lowest BCUT2D eigenvalue weighted by molar-refractivity contribution is 0.0579. The molecule has 0 radical (unpaired) electrons. The molecule has 1 fully saturated rings. The Kier molecular flexibility index (Phi) is 8.36. The summed E-state index contributed by atoms with van der Waals surface area (Å²) in [5, 5.41) is 24.2. The Morgan fingerprint density at radius 2 is 1.90 bits per heavy atom. The molecule has 1 aliphatic rings. The van der Waals surface area contributed by atoms with Gasteiger partial charge >= 0.3 is 0 Å². The van der Waals surface area contributed by atoms with Crippen LogP contribution in [0.15, 0.2) is 42.5 Å². The summed E-state index contributed by atoms with van der Waals surface area (Å²) in [6.45, 7) is 9.35. The van der Waals surface area contributed by atoms with Crippen molar-refractivity contribution in [2.24, 2.45) is 5.92 Å². The Bertz CT molecular complexity index is 845. The minimum Gasteiger partial charge on any atom is -0.494 e. The highest BCUT2D eigenvalue weighted by atomic mass is 35.5. The molecule has 0 aliphatic carbocycles. The molecule has 3 atom stereocenters. The number of nitrogens with one attached hydrogen (secondary N) is 1. The fourth-order valence-electron chi connectivity index (χ4n) is 4.98. The number of nitrogens with zero attached hydrogens (tertiary/aromatic N) is 1. The van der Waals surface area contributed by atoms with Gasteiger partial charge in [-0.15, -0.1) is 0 Å². The van der Waals surface area contributed by atoms with Crippen molar-refractivity contribution in [2.45, 2.75) is 51.9 Å². The first-order valence-corrected chi connectivity index (χ1v) is 11.5. The third-order valence-corrected chi connectivity index (χ3v) is 6.65. The molecule has 3 rings (SSSR count). The predicted molar refractivity (Wildman–Crippen MR) is 125 cm³/mol. The van der Waals surface area contributed by atoms with Crippen molar-refractivity contribution in [3.05, 3.63) is 64.2 Å². The van der Waals surface area contributed by atoms with Crippen LogP contribution >= 0.6 is 11.6 Å². The summed E-state index contributed by atoms with van der Waals surface area (Å²) < 4.78 is 5.58. The number of rotatable bonds is 10. The molecule has 0 amide bonds. The molecule has 1 saturated heterocycles. The normalized spacial score (nSPS) is 23.9. The second-order valence-electron chi connectivity index (χ2n) is 8.57. The first-order chi connectivity index (χ1) is 15.0. The van der Waals surface area contributed by atoms with Crippen molar-refractivity contribution in [2.75, 3.05) is 26.3 Å². The minimum atomic E-state index is -0.241. The third kappa shape index (κ3) is 5.41. The van der Waals surface area contributed by atoms with Gasteiger partial charge in [-0.05, 0) is 68.1 Å². The lowest BCUT2D eigenvalue weighted by atomic mass is 9.90. The number of hydrogen-bond acceptors (Lipinski definition) is 5. The smallest absolute Gasteiger partial charge is 0.124 e. The number of likely N-dealkylation sites (N-methyl/N-ethyl adjacent to an activating group) is 1. The molecule has 170 valence electrons. The van der Waals surface area contributed by atoms with E-state index in [4.69, 9.17) is 16.3 Å². The maximum Gasteiger partial charge on any atom is 0.124 e. The summed E-state index contributed by atoms with van der Waals surface area (Å²) in [4.78, 5) is 2.42. The summed E-state index contributed by atoms with van der Waals surface area (Å²) >= 11 is 6.12. The fraction of sp³-hybridized carbons (Fsp3) is 0.520. The average molecular weight is 447 g/mol. The first kappa shape index (κ1) is 24.0. The number of aliphatic hydroxyl groups excluding tert-OH is 2. The molecule has 0 spiro atoms. The van der Waals surface area contributed by atoms with Crippen molar-refractivity contribution in [3.8, 4) is 5.75 Å². The Labute approximate surface area is 191 Å². The highest BCUT2D eigenvalue weighted by Gasteiger charge is 2.47. The van der Waals surface area contributed by atoms with Gasteiger partial charge in [0.15, 0.2) is 0 Å². The van der Waals surface area contributed by atoms with Gasteiger partial charge in [0, 0.05) is 35.3 Å². The van der Waals surface area contributed by atoms with Gasteiger partial charge in [0.1, 0.15) is 5.75 Å². The van der Waals surface area contributed by atoms with E-state index in [0.717, 1.165) is 41.4 Å². The van der Waals surface area contributed by atoms with Crippen LogP contribution in [0, 0.1) is 5.92 Å². The Morgan fingerprint density at radius 3 is 2.52 bits per heavy atom. The molecule has 2 aromatic rings. The Hall–Kier alpha value is -1.63. The number of likely N-dealkylation sites (tertiary alicyclic amines) is 1. The maximum atomic E-state index is 10.2. The quantitative estimate of drug-likeness (QED) is 0.511. The zero-order chi connectivity index (χ0) is 22.4. The molecule has 3 N–H and O–H groups in total. The van der Waals surface area contributed by atoms with Crippen molar-refractivity contribution in [1.29, 1.82) is 0 Å². The van der Waals surface area contributed by atoms with Crippen LogP contribution in [0.4, 0.5) is 0 Å². The number of aliphatic hydroxyl groups is 2. The minimum absolute atomic E-state index is 0.0370. The van der Waals surface area contributed by atoms with Gasteiger partial charge in [0.2, 0.25) is 0 Å². The largest absolute Gasteiger partial charge is 0.494 e. The molecule has 5 nitrogen and oxygen atoms in total. The van der Waals surface area contributed by atoms with Crippen molar-refractivity contribution >= 4 is 11.6 Å². The Balaban J connectivity index is 1.73. The molecular formula is C25H35ClN2O3. The van der Waals surface area contributed by atoms with E-state index in [0.29, 0.717) is 19.1 Å². The van der Waals surface area contributed by atoms with E-state index in [9.17, 15) is 10.2 Å². The van der Waals surface area contributed by atoms with E-state index >= 15 is 0 Å². The number of hydrogen-bond donors (Lipinski definition) is 3. The van der Waals surface area contributed by atoms with Crippen molar-refractivity contribution in [1.82, 2.24) is 10.2 Å². The zero-order valence-electron chi connectivity index (χ0n) is 18.8. The van der Waals surface area contributed by atoms with E-state index in [2.05, 4.69) is 36.2 Å². The van der Waals surface area contributed by atoms with Gasteiger partial charge in [0.05, 0.1) is 19.8 Å². The molecule has 6 heteroatoms. The standard InChI is InChI=1S/C25H35ClN2O3/c1-4-28-24(19-7-9-22(26)10-8-19)21(13-25(28,3)17-30)15-27-14-18-6-11-23(31-5-2)20(12-18)16-29/h6-12,21,24,27,29-30H,4-5,13-17H2,1-3H3/t21-,24+,25+/m0/s1. The monoisotopic (exact) mass is 446 g/mol. The topological polar surface area (TPSA) is 65.0 Å². The summed E-state index contributed by atoms with van der Waals surface area (Å²) in [5.41, 5.74) is 2.92. The highest BCUT2D eigenvalue weighted by molar-refractivity contribution is 6.30. The van der Waals surface area contributed by atoms with E-state index in [1.165, 1.54) is 5.56 Å². The molecule has 0 bridgehead atoms. The van der Waals surface area contributed by atoms with Crippen LogP contribution in [0.1, 0.15) is 49.9 Å². The average Bonchev–Trinajstić information content (AvgIpc) is 3.07. The van der Waals surface area contributed by atoms with Crippen LogP contribution < -0.4 is 10.1 Å². The SMILES string of the molecule is CCOc1ccc(CNC[C@@H]2C[C@](C)(CO)N(CC)[C@@H]2c2ccc(Cl)cc2)cc1CO. The molecule has 1 heterocycles. The van der Waals surface area contributed by atoms with Gasteiger partial charge in [-0.1, -0.05) is 36.7 Å². The van der Waals surface area contributed by atoms with Gasteiger partial charge in [-0.25, -0.2) is 0 Å². The molecular weight excluding hydrogens is 412 g/mol. The van der Waals surface area contributed by atoms with E-state index in [1.807, 2.05) is 37.3 Å². The van der Waals surface area contributed by atoms with Crippen LogP contribution in [0.3, 0.4) is 0 Å². The molecule has 31 heavy (non-hydrogen) atoms. The van der Waals surface area contributed by atoms with E-state index < -0.39 is 0 Å². The molecule has 0 aromatic heterocycles. The van der Waals surface area contributed by atoms with E-state index in [-0.39, 0.29) is 24.8 Å². The van der Waals surface area contributed by atoms with Crippen molar-refractivity contribution in [3.63, 3.8) is 0 Å². The Morgan fingerprint density at radius 1 is 1.16 bits per heavy atom. The number of benzene rings is 2. The summed E-state index contributed by atoms with van der Waals surface area (Å²) in [6, 6.07) is 14.3. The fourth-order valence-corrected chi connectivity index (χ4v) is 5.10. The van der Waals surface area contributed by atoms with Gasteiger partial charge in [0.25, 0.3) is 0 Å². The summed E-state index contributed by atoms with van der Waals surface area (Å²) in [7, 11) is 0. The first-order valence-electron chi connectivity index (χ1n) is 11.1. The number of halogens is 1. The summed E-state index contributed by atoms with van der Waals surface area (Å²) in [5.74, 6) is 1.10. The van der Waals surface area contributed by atoms with Crippen LogP contribution in [0.2, 0.25) is 5.02 Å². The van der Waals surface area contributed by atoms with Crippen LogP contribution in [0.25, 0.3) is 0 Å².